The van der Waals surface area contributed by atoms with E-state index in [2.05, 4.69) is 35.2 Å². The number of hydrogen-bond donors (Lipinski definition) is 1. The fourth-order valence-corrected chi connectivity index (χ4v) is 4.54. The Labute approximate surface area is 126 Å². The molecule has 0 atom stereocenters. The predicted molar refractivity (Wildman–Crippen MR) is 86.4 cm³/mol. The van der Waals surface area contributed by atoms with Gasteiger partial charge in [-0.25, -0.2) is 4.98 Å². The minimum atomic E-state index is 0.540. The maximum absolute atomic E-state index is 4.64. The summed E-state index contributed by atoms with van der Waals surface area (Å²) in [7, 11) is 0. The summed E-state index contributed by atoms with van der Waals surface area (Å²) in [6, 6.07) is 0.540. The van der Waals surface area contributed by atoms with Gasteiger partial charge in [-0.15, -0.1) is 11.3 Å². The van der Waals surface area contributed by atoms with Gasteiger partial charge in [-0.2, -0.15) is 0 Å². The maximum atomic E-state index is 4.64. The molecule has 0 aromatic carbocycles. The molecule has 1 spiro atoms. The topological polar surface area (TPSA) is 28.2 Å². The third-order valence-corrected chi connectivity index (χ3v) is 6.04. The van der Waals surface area contributed by atoms with Crippen LogP contribution in [0.4, 0.5) is 5.13 Å². The fraction of sp³-hybridized carbons (Fsp3) is 0.812. The Hall–Kier alpha value is -0.610. The van der Waals surface area contributed by atoms with Gasteiger partial charge in [0.25, 0.3) is 0 Å². The Morgan fingerprint density at radius 1 is 1.25 bits per heavy atom. The van der Waals surface area contributed by atoms with Crippen molar-refractivity contribution in [3.05, 3.63) is 11.1 Å². The summed E-state index contributed by atoms with van der Waals surface area (Å²) in [5.74, 6) is 0. The van der Waals surface area contributed by atoms with Crippen LogP contribution in [0.1, 0.15) is 57.2 Å². The summed E-state index contributed by atoms with van der Waals surface area (Å²) in [5.41, 5.74) is 0.704. The van der Waals surface area contributed by atoms with E-state index in [1.54, 1.807) is 0 Å². The molecule has 112 valence electrons. The summed E-state index contributed by atoms with van der Waals surface area (Å²) in [5, 5.41) is 4.70. The van der Waals surface area contributed by atoms with E-state index in [9.17, 15) is 0 Å². The van der Waals surface area contributed by atoms with Gasteiger partial charge in [0.15, 0.2) is 5.13 Å². The van der Waals surface area contributed by atoms with Gasteiger partial charge in [0.05, 0.1) is 0 Å². The number of anilines is 1. The van der Waals surface area contributed by atoms with Crippen molar-refractivity contribution in [2.45, 2.75) is 65.0 Å². The van der Waals surface area contributed by atoms with Crippen molar-refractivity contribution in [3.63, 3.8) is 0 Å². The van der Waals surface area contributed by atoms with Crippen LogP contribution >= 0.6 is 11.3 Å². The van der Waals surface area contributed by atoms with Crippen molar-refractivity contribution in [1.82, 2.24) is 10.3 Å². The minimum absolute atomic E-state index is 0.540. The summed E-state index contributed by atoms with van der Waals surface area (Å²) in [6.45, 7) is 7.75. The monoisotopic (exact) mass is 293 g/mol. The Morgan fingerprint density at radius 2 is 1.95 bits per heavy atom. The lowest BCUT2D eigenvalue weighted by molar-refractivity contribution is 0.226. The molecule has 0 amide bonds. The molecule has 20 heavy (non-hydrogen) atoms. The van der Waals surface area contributed by atoms with Gasteiger partial charge in [-0.3, -0.25) is 0 Å². The zero-order valence-electron chi connectivity index (χ0n) is 12.8. The van der Waals surface area contributed by atoms with E-state index < -0.39 is 0 Å². The molecule has 0 bridgehead atoms. The van der Waals surface area contributed by atoms with Gasteiger partial charge in [-0.1, -0.05) is 26.7 Å². The van der Waals surface area contributed by atoms with Crippen LogP contribution in [0.3, 0.4) is 0 Å². The summed E-state index contributed by atoms with van der Waals surface area (Å²) in [6.07, 6.45) is 10.7. The highest BCUT2D eigenvalue weighted by molar-refractivity contribution is 7.15. The molecule has 0 radical (unpaired) electrons. The zero-order chi connectivity index (χ0) is 14.0. The minimum Gasteiger partial charge on any atom is -0.348 e. The molecule has 2 fully saturated rings. The Bertz CT molecular complexity index is 425. The van der Waals surface area contributed by atoms with E-state index in [1.165, 1.54) is 61.6 Å². The highest BCUT2D eigenvalue weighted by Gasteiger charge is 2.37. The smallest absolute Gasteiger partial charge is 0.185 e. The number of piperidine rings is 1. The van der Waals surface area contributed by atoms with E-state index >= 15 is 0 Å². The third-order valence-electron chi connectivity index (χ3n) is 4.98. The van der Waals surface area contributed by atoms with Crippen molar-refractivity contribution in [2.75, 3.05) is 18.0 Å². The lowest BCUT2D eigenvalue weighted by Crippen LogP contribution is -2.38. The van der Waals surface area contributed by atoms with Gasteiger partial charge in [0, 0.05) is 36.8 Å². The quantitative estimate of drug-likeness (QED) is 0.915. The average molecular weight is 293 g/mol. The Balaban J connectivity index is 1.55. The third kappa shape index (κ3) is 3.17. The van der Waals surface area contributed by atoms with Gasteiger partial charge >= 0.3 is 0 Å². The number of nitrogens with one attached hydrogen (secondary N) is 1. The van der Waals surface area contributed by atoms with E-state index in [4.69, 9.17) is 0 Å². The normalized spacial score (nSPS) is 22.1. The van der Waals surface area contributed by atoms with Crippen LogP contribution < -0.4 is 10.2 Å². The van der Waals surface area contributed by atoms with E-state index in [1.807, 2.05) is 11.3 Å². The van der Waals surface area contributed by atoms with Crippen LogP contribution in [0.2, 0.25) is 0 Å². The first-order valence-corrected chi connectivity index (χ1v) is 8.92. The average Bonchev–Trinajstić information content (AvgIpc) is 3.08. The van der Waals surface area contributed by atoms with E-state index in [0.717, 1.165) is 6.54 Å². The Morgan fingerprint density at radius 3 is 2.60 bits per heavy atom. The van der Waals surface area contributed by atoms with Crippen molar-refractivity contribution in [2.24, 2.45) is 5.41 Å². The fourth-order valence-electron chi connectivity index (χ4n) is 3.63. The standard InChI is InChI=1S/C16H27N3S/c1-13(2)17-11-14-12-18-15(20-14)19-9-7-16(8-10-19)5-3-4-6-16/h12-13,17H,3-11H2,1-2H3. The molecular weight excluding hydrogens is 266 g/mol. The molecule has 1 saturated heterocycles. The van der Waals surface area contributed by atoms with Crippen LogP contribution in [0.25, 0.3) is 0 Å². The molecule has 2 aliphatic rings. The predicted octanol–water partition coefficient (Wildman–Crippen LogP) is 3.80. The molecular formula is C16H27N3S. The second-order valence-electron chi connectivity index (χ2n) is 6.84. The van der Waals surface area contributed by atoms with Gasteiger partial charge in [-0.05, 0) is 31.1 Å². The molecule has 1 aromatic heterocycles. The lowest BCUT2D eigenvalue weighted by Gasteiger charge is -2.39. The van der Waals surface area contributed by atoms with Crippen molar-refractivity contribution in [1.29, 1.82) is 0 Å². The first-order chi connectivity index (χ1) is 9.67. The second-order valence-corrected chi connectivity index (χ2v) is 7.93. The van der Waals surface area contributed by atoms with Crippen LogP contribution in [-0.4, -0.2) is 24.1 Å². The maximum Gasteiger partial charge on any atom is 0.185 e. The molecule has 2 heterocycles. The molecule has 1 aliphatic heterocycles. The van der Waals surface area contributed by atoms with Crippen LogP contribution in [0.15, 0.2) is 6.20 Å². The van der Waals surface area contributed by atoms with E-state index in [0.29, 0.717) is 11.5 Å². The molecule has 4 heteroatoms. The SMILES string of the molecule is CC(C)NCc1cnc(N2CCC3(CCCC3)CC2)s1. The van der Waals surface area contributed by atoms with Crippen molar-refractivity contribution < 1.29 is 0 Å². The van der Waals surface area contributed by atoms with Gasteiger partial charge in [0.1, 0.15) is 0 Å². The molecule has 3 rings (SSSR count). The number of rotatable bonds is 4. The molecule has 1 aromatic rings. The first kappa shape index (κ1) is 14.3. The number of hydrogen-bond acceptors (Lipinski definition) is 4. The molecule has 1 aliphatic carbocycles. The molecule has 3 nitrogen and oxygen atoms in total. The van der Waals surface area contributed by atoms with Crippen molar-refractivity contribution in [3.8, 4) is 0 Å². The first-order valence-electron chi connectivity index (χ1n) is 8.10. The summed E-state index contributed by atoms with van der Waals surface area (Å²) >= 11 is 1.86. The lowest BCUT2D eigenvalue weighted by atomic mass is 9.77. The van der Waals surface area contributed by atoms with E-state index in [-0.39, 0.29) is 0 Å². The molecule has 1 N–H and O–H groups in total. The van der Waals surface area contributed by atoms with Crippen LogP contribution in [0.5, 0.6) is 0 Å². The largest absolute Gasteiger partial charge is 0.348 e. The second kappa shape index (κ2) is 6.02. The number of aromatic nitrogens is 1. The zero-order valence-corrected chi connectivity index (χ0v) is 13.6. The van der Waals surface area contributed by atoms with Gasteiger partial charge in [0.2, 0.25) is 0 Å². The Kier molecular flexibility index (Phi) is 4.32. The summed E-state index contributed by atoms with van der Waals surface area (Å²) < 4.78 is 0. The highest BCUT2D eigenvalue weighted by Crippen LogP contribution is 2.46. The molecule has 0 unspecified atom stereocenters. The van der Waals surface area contributed by atoms with Crippen molar-refractivity contribution >= 4 is 16.5 Å². The number of nitrogens with zero attached hydrogens (tertiary/aromatic N) is 2. The van der Waals surface area contributed by atoms with Crippen LogP contribution in [-0.2, 0) is 6.54 Å². The molecule has 1 saturated carbocycles. The summed E-state index contributed by atoms with van der Waals surface area (Å²) in [4.78, 5) is 8.50. The van der Waals surface area contributed by atoms with Crippen LogP contribution in [0, 0.1) is 5.41 Å². The number of thiazole rings is 1. The van der Waals surface area contributed by atoms with Gasteiger partial charge < -0.3 is 10.2 Å². The highest BCUT2D eigenvalue weighted by atomic mass is 32.1.